The first-order chi connectivity index (χ1) is 17.1. The molecule has 10 heteroatoms. The fraction of sp³-hybridized carbons (Fsp3) is 0.538. The summed E-state index contributed by atoms with van der Waals surface area (Å²) >= 11 is 6.32. The lowest BCUT2D eigenvalue weighted by molar-refractivity contribution is -0.0914. The van der Waals surface area contributed by atoms with Gasteiger partial charge in [-0.25, -0.2) is 0 Å². The van der Waals surface area contributed by atoms with Crippen molar-refractivity contribution >= 4 is 23.2 Å². The molecule has 2 bridgehead atoms. The van der Waals surface area contributed by atoms with Gasteiger partial charge >= 0.3 is 6.61 Å². The average Bonchev–Trinajstić information content (AvgIpc) is 3.18. The number of nitrogens with zero attached hydrogens (tertiary/aromatic N) is 2. The first kappa shape index (κ1) is 23.7. The molecule has 4 saturated carbocycles. The second-order valence-electron chi connectivity index (χ2n) is 11.0. The Kier molecular flexibility index (Phi) is 5.57. The number of piperidine rings is 1. The summed E-state index contributed by atoms with van der Waals surface area (Å²) in [5.74, 6) is 1.21. The van der Waals surface area contributed by atoms with Crippen LogP contribution in [0.1, 0.15) is 48.1 Å². The minimum absolute atomic E-state index is 0.0257. The van der Waals surface area contributed by atoms with E-state index in [2.05, 4.69) is 27.3 Å². The van der Waals surface area contributed by atoms with Gasteiger partial charge in [0.2, 0.25) is 0 Å². The van der Waals surface area contributed by atoms with Gasteiger partial charge in [-0.05, 0) is 62.6 Å². The third-order valence-corrected chi connectivity index (χ3v) is 8.94. The molecule has 0 spiro atoms. The molecular formula is C26H29ClF2N4O3. The van der Waals surface area contributed by atoms with Gasteiger partial charge in [-0.15, -0.1) is 0 Å². The zero-order chi connectivity index (χ0) is 25.4. The molecule has 2 N–H and O–H groups in total. The van der Waals surface area contributed by atoms with Gasteiger partial charge in [0.15, 0.2) is 0 Å². The smallest absolute Gasteiger partial charge is 0.387 e. The van der Waals surface area contributed by atoms with Gasteiger partial charge in [-0.2, -0.15) is 8.78 Å². The Morgan fingerprint density at radius 3 is 2.53 bits per heavy atom. The van der Waals surface area contributed by atoms with Crippen molar-refractivity contribution in [3.05, 3.63) is 57.0 Å². The number of carbonyl (C=O) groups is 1. The lowest BCUT2D eigenvalue weighted by Gasteiger charge is -2.62. The minimum Gasteiger partial charge on any atom is -0.433 e. The van der Waals surface area contributed by atoms with E-state index in [1.807, 2.05) is 0 Å². The Balaban J connectivity index is 1.27. The van der Waals surface area contributed by atoms with Gasteiger partial charge in [-0.3, -0.25) is 9.59 Å². The van der Waals surface area contributed by atoms with Gasteiger partial charge in [0.25, 0.3) is 11.5 Å². The second-order valence-corrected chi connectivity index (χ2v) is 11.3. The summed E-state index contributed by atoms with van der Waals surface area (Å²) in [6.07, 6.45) is 4.62. The van der Waals surface area contributed by atoms with E-state index in [0.717, 1.165) is 32.4 Å². The summed E-state index contributed by atoms with van der Waals surface area (Å²) in [6.45, 7) is 0.725. The van der Waals surface area contributed by atoms with Crippen LogP contribution in [-0.4, -0.2) is 48.2 Å². The number of pyridine rings is 1. The lowest BCUT2D eigenvalue weighted by atomic mass is 9.49. The number of anilines is 1. The largest absolute Gasteiger partial charge is 0.433 e. The summed E-state index contributed by atoms with van der Waals surface area (Å²) < 4.78 is 31.7. The van der Waals surface area contributed by atoms with Crippen LogP contribution in [0.25, 0.3) is 0 Å². The van der Waals surface area contributed by atoms with Crippen molar-refractivity contribution in [2.24, 2.45) is 17.8 Å². The van der Waals surface area contributed by atoms with Crippen LogP contribution in [0, 0.1) is 17.8 Å². The van der Waals surface area contributed by atoms with E-state index in [-0.39, 0.29) is 33.8 Å². The molecule has 7 rings (SSSR count). The number of aromatic nitrogens is 1. The topological polar surface area (TPSA) is 75.6 Å². The summed E-state index contributed by atoms with van der Waals surface area (Å²) in [6, 6.07) is 5.80. The highest BCUT2D eigenvalue weighted by Gasteiger charge is 2.58. The monoisotopic (exact) mass is 518 g/mol. The van der Waals surface area contributed by atoms with Crippen LogP contribution in [0.4, 0.5) is 14.5 Å². The normalized spacial score (nSPS) is 30.7. The molecule has 5 aliphatic rings. The predicted molar refractivity (Wildman–Crippen MR) is 132 cm³/mol. The SMILES string of the molecule is C[C@@H](NC(=O)c1cn(C23CC(C2)C3)c(=O)cc1NC1[C@H]2CN(C)C[C@@H]12)c1cccc(OC(F)F)c1Cl. The Labute approximate surface area is 212 Å². The van der Waals surface area contributed by atoms with Crippen molar-refractivity contribution in [3.63, 3.8) is 0 Å². The molecule has 1 unspecified atom stereocenters. The predicted octanol–water partition coefficient (Wildman–Crippen LogP) is 4.08. The van der Waals surface area contributed by atoms with Crippen molar-refractivity contribution < 1.29 is 18.3 Å². The van der Waals surface area contributed by atoms with Crippen molar-refractivity contribution in [1.82, 2.24) is 14.8 Å². The van der Waals surface area contributed by atoms with Gasteiger partial charge < -0.3 is 24.8 Å². The Hall–Kier alpha value is -2.65. The zero-order valence-electron chi connectivity index (χ0n) is 20.1. The van der Waals surface area contributed by atoms with Gasteiger partial charge in [0, 0.05) is 36.9 Å². The molecule has 4 aliphatic carbocycles. The molecule has 1 saturated heterocycles. The molecule has 1 aromatic heterocycles. The second kappa shape index (κ2) is 8.45. The van der Waals surface area contributed by atoms with Crippen molar-refractivity contribution in [2.75, 3.05) is 25.5 Å². The summed E-state index contributed by atoms with van der Waals surface area (Å²) in [7, 11) is 2.10. The van der Waals surface area contributed by atoms with E-state index < -0.39 is 12.7 Å². The van der Waals surface area contributed by atoms with Gasteiger partial charge in [-0.1, -0.05) is 23.7 Å². The number of fused-ring (bicyclic) bond motifs is 1. The number of nitrogens with one attached hydrogen (secondary N) is 2. The third-order valence-electron chi connectivity index (χ3n) is 8.54. The third kappa shape index (κ3) is 3.87. The molecule has 192 valence electrons. The maximum absolute atomic E-state index is 13.6. The summed E-state index contributed by atoms with van der Waals surface area (Å²) in [5, 5.41) is 6.45. The fourth-order valence-electron chi connectivity index (χ4n) is 6.46. The van der Waals surface area contributed by atoms with Crippen molar-refractivity contribution in [1.29, 1.82) is 0 Å². The Bertz CT molecular complexity index is 1260. The number of rotatable bonds is 8. The maximum atomic E-state index is 13.6. The standard InChI is InChI=1S/C26H29ClF2N4O3/c1-13(15-4-3-5-20(22(15)27)36-25(28)29)30-24(35)18-12-33(26-7-14(8-26)9-26)21(34)6-19(18)31-23-16-10-32(2)11-17(16)23/h3-6,12-14,16-17,23,25,31H,7-11H2,1-2H3,(H,30,35)/t13-,14?,16-,17+,23?,26?/m1/s1. The van der Waals surface area contributed by atoms with Crippen LogP contribution >= 0.6 is 11.6 Å². The fourth-order valence-corrected chi connectivity index (χ4v) is 6.80. The van der Waals surface area contributed by atoms with Crippen LogP contribution in [0.15, 0.2) is 35.3 Å². The van der Waals surface area contributed by atoms with E-state index >= 15 is 0 Å². The van der Waals surface area contributed by atoms with Crippen LogP contribution < -0.4 is 20.9 Å². The number of likely N-dealkylation sites (tertiary alicyclic amines) is 1. The van der Waals surface area contributed by atoms with E-state index in [9.17, 15) is 18.4 Å². The number of hydrogen-bond donors (Lipinski definition) is 2. The van der Waals surface area contributed by atoms with Crippen LogP contribution in [0.5, 0.6) is 5.75 Å². The number of carbonyl (C=O) groups excluding carboxylic acids is 1. The van der Waals surface area contributed by atoms with Gasteiger partial charge in [0.05, 0.1) is 22.3 Å². The summed E-state index contributed by atoms with van der Waals surface area (Å²) in [5.41, 5.74) is 1.15. The van der Waals surface area contributed by atoms with E-state index in [4.69, 9.17) is 11.6 Å². The number of ether oxygens (including phenoxy) is 1. The molecule has 1 amide bonds. The Morgan fingerprint density at radius 1 is 1.22 bits per heavy atom. The molecule has 5 fully saturated rings. The van der Waals surface area contributed by atoms with Gasteiger partial charge in [0.1, 0.15) is 5.75 Å². The molecule has 2 heterocycles. The molecule has 4 atom stereocenters. The zero-order valence-corrected chi connectivity index (χ0v) is 20.9. The lowest BCUT2D eigenvalue weighted by Crippen LogP contribution is -2.62. The van der Waals surface area contributed by atoms with Crippen LogP contribution in [-0.2, 0) is 5.54 Å². The molecule has 1 aliphatic heterocycles. The minimum atomic E-state index is -3.00. The average molecular weight is 519 g/mol. The number of hydrogen-bond acceptors (Lipinski definition) is 5. The maximum Gasteiger partial charge on any atom is 0.387 e. The molecule has 1 aromatic carbocycles. The number of alkyl halides is 2. The van der Waals surface area contributed by atoms with Crippen LogP contribution in [0.3, 0.4) is 0 Å². The molecule has 36 heavy (non-hydrogen) atoms. The van der Waals surface area contributed by atoms with E-state index in [0.29, 0.717) is 34.6 Å². The first-order valence-corrected chi connectivity index (χ1v) is 12.8. The Morgan fingerprint density at radius 2 is 1.92 bits per heavy atom. The number of amides is 1. The first-order valence-electron chi connectivity index (χ1n) is 12.4. The highest BCUT2D eigenvalue weighted by molar-refractivity contribution is 6.32. The highest BCUT2D eigenvalue weighted by atomic mass is 35.5. The number of halogens is 3. The molecule has 7 nitrogen and oxygen atoms in total. The molecule has 2 aromatic rings. The molecular weight excluding hydrogens is 490 g/mol. The van der Waals surface area contributed by atoms with Crippen molar-refractivity contribution in [3.8, 4) is 5.75 Å². The highest BCUT2D eigenvalue weighted by Crippen LogP contribution is 2.61. The molecule has 0 radical (unpaired) electrons. The van der Waals surface area contributed by atoms with Crippen LogP contribution in [0.2, 0.25) is 5.02 Å². The van der Waals surface area contributed by atoms with E-state index in [1.54, 1.807) is 35.9 Å². The van der Waals surface area contributed by atoms with Crippen molar-refractivity contribution in [2.45, 2.75) is 50.4 Å². The number of benzene rings is 1. The summed E-state index contributed by atoms with van der Waals surface area (Å²) in [4.78, 5) is 28.9. The van der Waals surface area contributed by atoms with E-state index in [1.165, 1.54) is 6.07 Å². The quantitative estimate of drug-likeness (QED) is 0.551.